The average Bonchev–Trinajstić information content (AvgIpc) is 0.747. The molecule has 0 aromatic heterocycles. The van der Waals surface area contributed by atoms with Gasteiger partial charge in [-0.15, -0.1) is 8.67 Å². The van der Waals surface area contributed by atoms with Gasteiger partial charge in [-0.1, -0.05) is 108 Å². The molecular weight excluding hydrogens is 2360 g/mol. The fourth-order valence-corrected chi connectivity index (χ4v) is 21.9. The third-order valence-corrected chi connectivity index (χ3v) is 30.2. The monoisotopic (exact) mass is 2470 g/mol. The zero-order chi connectivity index (χ0) is 112. The first-order chi connectivity index (χ1) is 69.6. The van der Waals surface area contributed by atoms with Crippen LogP contribution in [-0.2, 0) is 214 Å². The van der Waals surface area contributed by atoms with Gasteiger partial charge in [0.05, 0.1) is 79.5 Å². The van der Waals surface area contributed by atoms with Gasteiger partial charge in [0, 0.05) is 71.0 Å². The van der Waals surface area contributed by atoms with Crippen LogP contribution in [0.1, 0.15) is 71.2 Å². The van der Waals surface area contributed by atoms with E-state index in [2.05, 4.69) is 113 Å². The molecule has 9 saturated heterocycles. The number of fused-ring (bicyclic) bond motifs is 2. The molecule has 0 spiro atoms. The highest BCUT2D eigenvalue weighted by Gasteiger charge is 2.65. The molecule has 28 atom stereocenters. The second-order valence-corrected chi connectivity index (χ2v) is 42.0. The number of hydrogen-bond acceptors (Lipinski definition) is 71. The highest BCUT2D eigenvalue weighted by molar-refractivity contribution is 7.94. The minimum atomic E-state index is -5.99. The zero-order valence-electron chi connectivity index (χ0n) is 77.3. The van der Waals surface area contributed by atoms with E-state index in [0.717, 1.165) is 48.3 Å². The molecule has 12 bridgehead atoms. The van der Waals surface area contributed by atoms with E-state index in [9.17, 15) is 129 Å². The molecule has 15 fully saturated rings. The number of rotatable bonds is 24. The molecule has 0 amide bonds. The highest BCUT2D eigenvalue weighted by Crippen LogP contribution is 2.56. The van der Waals surface area contributed by atoms with E-state index in [1.807, 2.05) is 64.1 Å². The number of ether oxygens (including phenoxy) is 9. The van der Waals surface area contributed by atoms with E-state index in [-0.39, 0.29) is 85.6 Å². The molecule has 12 unspecified atom stereocenters. The first kappa shape index (κ1) is 145. The van der Waals surface area contributed by atoms with Crippen molar-refractivity contribution in [1.29, 1.82) is 0 Å². The Hall–Kier alpha value is -0.590. The topological polar surface area (TPSA) is 1060 Å². The molecule has 878 valence electrons. The van der Waals surface area contributed by atoms with Crippen molar-refractivity contribution in [2.45, 2.75) is 308 Å². The maximum Gasteiger partial charge on any atom is 0.333 e. The molecule has 6 saturated carbocycles. The Kier molecular flexibility index (Phi) is 68.7. The predicted octanol–water partition coefficient (Wildman–Crippen LogP) is -12.5. The maximum absolute atomic E-state index is 12.2. The maximum atomic E-state index is 12.2. The molecular formula is C67H110NO67P9S6-12. The van der Waals surface area contributed by atoms with Gasteiger partial charge in [-0.2, -0.15) is 31.3 Å². The van der Waals surface area contributed by atoms with E-state index in [4.69, 9.17) is 130 Å². The lowest BCUT2D eigenvalue weighted by Gasteiger charge is -2.57. The molecule has 17 aliphatic rings. The minimum absolute atomic E-state index is 0. The van der Waals surface area contributed by atoms with Crippen LogP contribution in [0.15, 0.2) is 48.5 Å². The van der Waals surface area contributed by atoms with E-state index in [0.29, 0.717) is 26.4 Å². The minimum Gasteiger partial charge on any atom is -0.820 e. The Labute approximate surface area is 880 Å². The van der Waals surface area contributed by atoms with Gasteiger partial charge in [-0.3, -0.25) is 35.8 Å². The van der Waals surface area contributed by atoms with Gasteiger partial charge >= 0.3 is 7.60 Å². The Balaban J connectivity index is 0.000000572. The van der Waals surface area contributed by atoms with Crippen LogP contribution in [0.25, 0.3) is 0 Å². The van der Waals surface area contributed by atoms with Crippen molar-refractivity contribution in [3.8, 4) is 0 Å². The summed E-state index contributed by atoms with van der Waals surface area (Å²) in [6.07, 6.45) is -42.9. The van der Waals surface area contributed by atoms with Crippen LogP contribution >= 0.6 is 103 Å². The molecule has 0 radical (unpaired) electrons. The molecule has 68 nitrogen and oxygen atoms in total. The lowest BCUT2D eigenvalue weighted by atomic mass is 9.78. The van der Waals surface area contributed by atoms with Gasteiger partial charge in [0.15, 0.2) is 27.1 Å². The van der Waals surface area contributed by atoms with Crippen molar-refractivity contribution in [2.24, 2.45) is 11.8 Å². The Bertz CT molecular complexity index is 4280. The molecule has 19 rings (SSSR count). The van der Waals surface area contributed by atoms with Gasteiger partial charge in [-0.05, 0) is 22.3 Å². The summed E-state index contributed by atoms with van der Waals surface area (Å²) >= 11 is 4.69. The van der Waals surface area contributed by atoms with Crippen LogP contribution in [0.2, 0.25) is 0 Å². The van der Waals surface area contributed by atoms with Gasteiger partial charge in [0.25, 0.3) is 28.0 Å². The quantitative estimate of drug-likeness (QED) is 0.0116. The molecule has 83 heteroatoms. The molecule has 2 aromatic rings. The fraction of sp³-hybridized carbons (Fsp3) is 0.821. The predicted molar refractivity (Wildman–Crippen MR) is 475 cm³/mol. The summed E-state index contributed by atoms with van der Waals surface area (Å²) in [6, 6.07) is 16.2. The number of aliphatic hydroxyl groups excluding tert-OH is 15. The SMILES string of the molecule is C.CC(C)P1(=O)OCc2ccccc2CO1.CC1C2OC3OC(C2O)C(O)[C@@H]1O3.CCN(CC)P1OCc2ccccc2CO1.CSOOO.CSOOO.C[C@H]1C2OC3O[C@H](C2P=O)C(OP)[C@@H]1O3.O=P[O-].O=P[O-].O=S.O=S(=O)([O-])O[C@@H]1[C@H](OO[O-])[C@@H](O[O-])[C@H](OS(=O)(=O)[O-])[C@@H](OP([O-])[O-])[C@@H]1OS(=O)(=O)[O-].OC1C(O)C(O)C(O)C(O)C1O.OC1C2OC3OC1C(O)C(O3)C2O.P.[O-]O[C@H]1[C@H](O)[C@@H](OP([O-])[O-])[C@H](O)[C@H](O)[C@@H]1O. The highest BCUT2D eigenvalue weighted by atomic mass is 32.3. The van der Waals surface area contributed by atoms with Crippen molar-refractivity contribution in [3.05, 3.63) is 70.8 Å². The van der Waals surface area contributed by atoms with Crippen LogP contribution in [0.5, 0.6) is 0 Å². The van der Waals surface area contributed by atoms with Crippen molar-refractivity contribution in [2.75, 3.05) is 25.6 Å². The number of benzene rings is 2. The average molecular weight is 2470 g/mol. The summed E-state index contributed by atoms with van der Waals surface area (Å²) in [5.74, 6) is 0.194. The summed E-state index contributed by atoms with van der Waals surface area (Å²) in [5.41, 5.74) is 4.39. The summed E-state index contributed by atoms with van der Waals surface area (Å²) in [6.45, 7) is 13.8. The molecule has 2 aromatic carbocycles. The lowest BCUT2D eigenvalue weighted by molar-refractivity contribution is -0.812. The number of hydrogen-bond donors (Lipinski definition) is 17. The van der Waals surface area contributed by atoms with E-state index < -0.39 is 266 Å². The van der Waals surface area contributed by atoms with Crippen LogP contribution in [0, 0.1) is 11.8 Å². The van der Waals surface area contributed by atoms with E-state index in [1.54, 1.807) is 12.5 Å². The molecule has 150 heavy (non-hydrogen) atoms. The van der Waals surface area contributed by atoms with Crippen LogP contribution in [-0.4, -0.2) is 393 Å². The Morgan fingerprint density at radius 1 is 0.460 bits per heavy atom. The third-order valence-electron chi connectivity index (χ3n) is 22.5. The molecule has 6 aliphatic carbocycles. The van der Waals surface area contributed by atoms with Crippen LogP contribution in [0.3, 0.4) is 0 Å². The van der Waals surface area contributed by atoms with Gasteiger partial charge < -0.3 is 219 Å². The Morgan fingerprint density at radius 2 is 0.753 bits per heavy atom. The largest absolute Gasteiger partial charge is 0.820 e. The van der Waals surface area contributed by atoms with Gasteiger partial charge in [-0.25, -0.2) is 45.3 Å². The van der Waals surface area contributed by atoms with Crippen molar-refractivity contribution >= 4 is 146 Å². The molecule has 17 N–H and O–H groups in total. The van der Waals surface area contributed by atoms with Gasteiger partial charge in [0.1, 0.15) is 171 Å². The second kappa shape index (κ2) is 70.8. The normalized spacial score (nSPS) is 37.1. The van der Waals surface area contributed by atoms with Crippen LogP contribution in [0.4, 0.5) is 0 Å². The van der Waals surface area contributed by atoms with Crippen molar-refractivity contribution in [3.63, 3.8) is 0 Å². The first-order valence-electron chi connectivity index (χ1n) is 41.4. The standard InChI is InChI=1S/C12H18NO2P.C11H15O3P.C8H12O5P2.C8H12O5.C7H10O6.C6H11O20PS3.C6H11O9P.C6H12O6.2CH4O3S.CH4.2HO2P.OS.H3P/c1-3-13(4-2)16-14-9-11-7-5-6-8-12(11)10-15-16;1-9(2)15(12)13-7-10-5-3-4-6-11(10)8-14-15;1-2-3-5(13-14)6-7(15-9)4(2)11-8(10-3)12-6;1-2-5-3(9)7-4(10)6(2)12-8(11-5)13-7;8-1-4-2(9)6-3(10)5(1)12-7(11-4)13-6;7-20-1-2(21-26-8)5(24-29(14,15)16)6(25-30(17,18)19)3(22-27(9)10)4(1)23-28(11,12)13;7-1-2(8)5(14-11)4(10)6(3(1)9)15-16(12)13;7-1-2(8)4(10)6(12)5(11)3(1)9;2*1-5-4-3-2;;2*1-3-2;1-2;/h5-8H,3-4,9-10H2,1-2H3;3-6,9H,7-8H2,1-2H3;2-8H,14H2,1H3;2-10H,1H3;1-10H;1-8H,(H,11,12,13)(H,14,15,16)(H,17,18,19);1-11H;1-12H;2*2H,1H3;1H4;2*(H,1,2);;1H3/q;;;;;2*-2;;;;;;;;/p-8/t;;2-,3-,4?,5?,6+,7?,8?;2?,3?,4?,5-,6?,7?,8?;;1-,2-,3-,4+,5-,6+;1-,2+,3-,4+,5-,6+;;;;;;;;/m..11.11......../s1. The molecule has 11 heterocycles. The Morgan fingerprint density at radius 3 is 1.05 bits per heavy atom. The van der Waals surface area contributed by atoms with E-state index >= 15 is 0 Å². The second-order valence-electron chi connectivity index (χ2n) is 31.2. The van der Waals surface area contributed by atoms with Gasteiger partial charge in [0.2, 0.25) is 31.2 Å². The fourth-order valence-electron chi connectivity index (χ4n) is 15.6. The smallest absolute Gasteiger partial charge is 0.333 e. The summed E-state index contributed by atoms with van der Waals surface area (Å²) in [5, 5.41) is 194. The zero-order valence-corrected chi connectivity index (χ0v) is 91.0. The third kappa shape index (κ3) is 41.7. The summed E-state index contributed by atoms with van der Waals surface area (Å²) in [4.78, 5) is 69.7. The number of aliphatic hydroxyl groups is 15. The van der Waals surface area contributed by atoms with Crippen LogP contribution < -0.4 is 45.1 Å². The molecule has 11 aliphatic heterocycles. The van der Waals surface area contributed by atoms with E-state index in [1.165, 1.54) is 11.1 Å². The summed E-state index contributed by atoms with van der Waals surface area (Å²) < 4.78 is 251. The summed E-state index contributed by atoms with van der Waals surface area (Å²) in [7, 11) is -29.1. The van der Waals surface area contributed by atoms with Crippen molar-refractivity contribution in [1.82, 2.24) is 4.67 Å². The van der Waals surface area contributed by atoms with Crippen molar-refractivity contribution < 1.29 is 319 Å². The lowest BCUT2D eigenvalue weighted by Crippen LogP contribution is -2.75. The number of nitrogens with zero attached hydrogens (tertiary/aromatic N) is 1. The first-order valence-corrected chi connectivity index (χ1v) is 55.8.